The van der Waals surface area contributed by atoms with Gasteiger partial charge < -0.3 is 14.8 Å². The molecule has 0 spiro atoms. The molecule has 4 rings (SSSR count). The summed E-state index contributed by atoms with van der Waals surface area (Å²) in [6, 6.07) is 0. The standard InChI is InChI=1S/C19H20N6O2/c1-20-19-22-11-13-10-16(18-21-6-7-25(18)24-17(13)23-19)12-8-14(26-2)4-5-15(9-12)27-3/h4-11,14H,1-3H3,(H2,20,22,23,24). The van der Waals surface area contributed by atoms with E-state index in [1.54, 1.807) is 33.7 Å². The van der Waals surface area contributed by atoms with Crippen LogP contribution in [0, 0.1) is 0 Å². The van der Waals surface area contributed by atoms with E-state index < -0.39 is 0 Å². The van der Waals surface area contributed by atoms with Crippen molar-refractivity contribution in [2.24, 2.45) is 0 Å². The van der Waals surface area contributed by atoms with E-state index in [1.807, 2.05) is 41.3 Å². The van der Waals surface area contributed by atoms with Crippen molar-refractivity contribution < 1.29 is 9.47 Å². The highest BCUT2D eigenvalue weighted by atomic mass is 16.5. The summed E-state index contributed by atoms with van der Waals surface area (Å²) in [6.07, 6.45) is 15.0. The maximum absolute atomic E-state index is 5.53. The van der Waals surface area contributed by atoms with Crippen LogP contribution in [0.25, 0.3) is 11.6 Å². The number of anilines is 2. The predicted octanol–water partition coefficient (Wildman–Crippen LogP) is 2.49. The SMILES string of the molecule is CNc1ncc2c(n1)Nn1ccnc1C(C1=CC(OC)C=CC(OC)=C1)=C2. The third-order valence-corrected chi connectivity index (χ3v) is 4.36. The summed E-state index contributed by atoms with van der Waals surface area (Å²) in [4.78, 5) is 13.4. The highest BCUT2D eigenvalue weighted by Crippen LogP contribution is 2.33. The lowest BCUT2D eigenvalue weighted by molar-refractivity contribution is 0.177. The number of imidazole rings is 1. The molecule has 0 saturated carbocycles. The Labute approximate surface area is 156 Å². The van der Waals surface area contributed by atoms with Crippen molar-refractivity contribution in [2.45, 2.75) is 6.10 Å². The minimum atomic E-state index is -0.174. The van der Waals surface area contributed by atoms with Crippen LogP contribution in [0.4, 0.5) is 11.8 Å². The molecule has 0 aromatic carbocycles. The summed E-state index contributed by atoms with van der Waals surface area (Å²) in [5.74, 6) is 2.72. The van der Waals surface area contributed by atoms with Gasteiger partial charge in [-0.15, -0.1) is 0 Å². The van der Waals surface area contributed by atoms with Gasteiger partial charge in [0.25, 0.3) is 0 Å². The molecule has 8 heteroatoms. The van der Waals surface area contributed by atoms with Gasteiger partial charge in [-0.3, -0.25) is 5.43 Å². The highest BCUT2D eigenvalue weighted by molar-refractivity contribution is 5.94. The zero-order chi connectivity index (χ0) is 18.8. The molecule has 0 fully saturated rings. The van der Waals surface area contributed by atoms with Gasteiger partial charge in [-0.25, -0.2) is 14.6 Å². The zero-order valence-electron chi connectivity index (χ0n) is 15.3. The summed E-state index contributed by atoms with van der Waals surface area (Å²) in [5, 5.41) is 2.95. The minimum Gasteiger partial charge on any atom is -0.497 e. The average Bonchev–Trinajstić information content (AvgIpc) is 2.96. The van der Waals surface area contributed by atoms with Gasteiger partial charge in [0.15, 0.2) is 11.6 Å². The van der Waals surface area contributed by atoms with Gasteiger partial charge in [0.05, 0.1) is 13.2 Å². The molecule has 1 aliphatic heterocycles. The Balaban J connectivity index is 1.89. The van der Waals surface area contributed by atoms with Crippen LogP contribution >= 0.6 is 0 Å². The van der Waals surface area contributed by atoms with Crippen molar-refractivity contribution in [1.29, 1.82) is 0 Å². The van der Waals surface area contributed by atoms with Crippen LogP contribution in [0.2, 0.25) is 0 Å². The van der Waals surface area contributed by atoms with Crippen LogP contribution < -0.4 is 10.7 Å². The first-order valence-electron chi connectivity index (χ1n) is 8.48. The largest absolute Gasteiger partial charge is 0.497 e. The van der Waals surface area contributed by atoms with Gasteiger partial charge in [0, 0.05) is 43.9 Å². The number of rotatable bonds is 4. The molecule has 2 aliphatic rings. The molecule has 27 heavy (non-hydrogen) atoms. The van der Waals surface area contributed by atoms with Crippen LogP contribution in [0.3, 0.4) is 0 Å². The summed E-state index contributed by atoms with van der Waals surface area (Å²) in [6.45, 7) is 0. The molecule has 0 bridgehead atoms. The maximum atomic E-state index is 5.53. The molecular formula is C19H20N6O2. The third-order valence-electron chi connectivity index (χ3n) is 4.36. The molecule has 138 valence electrons. The Kier molecular flexibility index (Phi) is 4.47. The molecule has 2 N–H and O–H groups in total. The molecule has 2 aromatic rings. The number of aromatic nitrogens is 4. The third kappa shape index (κ3) is 3.22. The first-order valence-corrected chi connectivity index (χ1v) is 8.48. The molecule has 2 aromatic heterocycles. The Morgan fingerprint density at radius 2 is 2.11 bits per heavy atom. The van der Waals surface area contributed by atoms with E-state index in [0.717, 1.165) is 28.3 Å². The van der Waals surface area contributed by atoms with Gasteiger partial charge in [-0.1, -0.05) is 0 Å². The first-order chi connectivity index (χ1) is 13.2. The number of nitrogens with zero attached hydrogens (tertiary/aromatic N) is 4. The van der Waals surface area contributed by atoms with Gasteiger partial charge in [0.2, 0.25) is 5.95 Å². The fourth-order valence-electron chi connectivity index (χ4n) is 2.96. The fourth-order valence-corrected chi connectivity index (χ4v) is 2.96. The van der Waals surface area contributed by atoms with Crippen molar-refractivity contribution >= 4 is 23.4 Å². The zero-order valence-corrected chi connectivity index (χ0v) is 15.3. The number of nitrogens with one attached hydrogen (secondary N) is 2. The predicted molar refractivity (Wildman–Crippen MR) is 104 cm³/mol. The minimum absolute atomic E-state index is 0.174. The number of ether oxygens (including phenoxy) is 2. The number of allylic oxidation sites excluding steroid dienone is 4. The molecular weight excluding hydrogens is 344 g/mol. The maximum Gasteiger partial charge on any atom is 0.224 e. The molecule has 0 amide bonds. The summed E-state index contributed by atoms with van der Waals surface area (Å²) in [7, 11) is 5.11. The quantitative estimate of drug-likeness (QED) is 0.862. The van der Waals surface area contributed by atoms with Crippen LogP contribution in [-0.4, -0.2) is 47.0 Å². The Bertz CT molecular complexity index is 986. The monoisotopic (exact) mass is 364 g/mol. The molecule has 1 atom stereocenters. The van der Waals surface area contributed by atoms with Crippen molar-refractivity contribution in [3.05, 3.63) is 65.6 Å². The lowest BCUT2D eigenvalue weighted by atomic mass is 10.0. The molecule has 3 heterocycles. The van der Waals surface area contributed by atoms with Crippen LogP contribution in [0.15, 0.2) is 54.2 Å². The fraction of sp³-hybridized carbons (Fsp3) is 0.211. The Hall–Kier alpha value is -3.39. The van der Waals surface area contributed by atoms with Gasteiger partial charge in [-0.2, -0.15) is 4.98 Å². The molecule has 1 unspecified atom stereocenters. The van der Waals surface area contributed by atoms with E-state index >= 15 is 0 Å². The van der Waals surface area contributed by atoms with Crippen molar-refractivity contribution in [2.75, 3.05) is 32.0 Å². The highest BCUT2D eigenvalue weighted by Gasteiger charge is 2.21. The number of fused-ring (bicyclic) bond motifs is 2. The summed E-state index contributed by atoms with van der Waals surface area (Å²) < 4.78 is 12.8. The normalized spacial score (nSPS) is 18.0. The topological polar surface area (TPSA) is 86.1 Å². The van der Waals surface area contributed by atoms with Crippen LogP contribution in [-0.2, 0) is 9.47 Å². The average molecular weight is 364 g/mol. The van der Waals surface area contributed by atoms with E-state index in [-0.39, 0.29) is 6.10 Å². The van der Waals surface area contributed by atoms with Gasteiger partial charge >= 0.3 is 0 Å². The van der Waals surface area contributed by atoms with E-state index in [9.17, 15) is 0 Å². The van der Waals surface area contributed by atoms with Gasteiger partial charge in [-0.05, 0) is 36.0 Å². The van der Waals surface area contributed by atoms with Crippen LogP contribution in [0.1, 0.15) is 11.4 Å². The van der Waals surface area contributed by atoms with Crippen molar-refractivity contribution in [3.63, 3.8) is 0 Å². The molecule has 0 saturated heterocycles. The number of hydrogen-bond acceptors (Lipinski definition) is 7. The van der Waals surface area contributed by atoms with Crippen LogP contribution in [0.5, 0.6) is 0 Å². The summed E-state index contributed by atoms with van der Waals surface area (Å²) in [5.41, 5.74) is 5.98. The van der Waals surface area contributed by atoms with Gasteiger partial charge in [0.1, 0.15) is 5.76 Å². The number of hydrogen-bond donors (Lipinski definition) is 2. The molecule has 0 radical (unpaired) electrons. The summed E-state index contributed by atoms with van der Waals surface area (Å²) >= 11 is 0. The van der Waals surface area contributed by atoms with E-state index in [0.29, 0.717) is 11.8 Å². The Morgan fingerprint density at radius 3 is 2.89 bits per heavy atom. The second-order valence-corrected chi connectivity index (χ2v) is 5.97. The smallest absolute Gasteiger partial charge is 0.224 e. The van der Waals surface area contributed by atoms with E-state index in [2.05, 4.69) is 25.7 Å². The Morgan fingerprint density at radius 1 is 1.22 bits per heavy atom. The molecule has 8 nitrogen and oxygen atoms in total. The van der Waals surface area contributed by atoms with Crippen molar-refractivity contribution in [3.8, 4) is 0 Å². The lowest BCUT2D eigenvalue weighted by Crippen LogP contribution is -2.13. The molecule has 1 aliphatic carbocycles. The first kappa shape index (κ1) is 17.0. The van der Waals surface area contributed by atoms with E-state index in [1.165, 1.54) is 0 Å². The second kappa shape index (κ2) is 7.08. The second-order valence-electron chi connectivity index (χ2n) is 5.97. The lowest BCUT2D eigenvalue weighted by Gasteiger charge is -2.12. The number of methoxy groups -OCH3 is 2. The van der Waals surface area contributed by atoms with Crippen molar-refractivity contribution in [1.82, 2.24) is 19.6 Å². The van der Waals surface area contributed by atoms with E-state index in [4.69, 9.17) is 9.47 Å².